The van der Waals surface area contributed by atoms with Crippen LogP contribution in [0.3, 0.4) is 0 Å². The maximum absolute atomic E-state index is 4.26. The van der Waals surface area contributed by atoms with Crippen molar-refractivity contribution in [2.24, 2.45) is 5.92 Å². The second-order valence-electron chi connectivity index (χ2n) is 3.28. The summed E-state index contributed by atoms with van der Waals surface area (Å²) in [4.78, 5) is 8.51. The SMILES string of the molecule is CCC(CBr)CSc1ncc(C)cn1. The van der Waals surface area contributed by atoms with Crippen molar-refractivity contribution in [1.82, 2.24) is 9.97 Å². The van der Waals surface area contributed by atoms with Crippen molar-refractivity contribution >= 4 is 27.7 Å². The molecule has 0 radical (unpaired) electrons. The fraction of sp³-hybridized carbons (Fsp3) is 0.600. The highest BCUT2D eigenvalue weighted by Gasteiger charge is 2.06. The fourth-order valence-electron chi connectivity index (χ4n) is 0.919. The number of hydrogen-bond donors (Lipinski definition) is 0. The zero-order valence-electron chi connectivity index (χ0n) is 8.53. The Bertz CT molecular complexity index is 259. The summed E-state index contributed by atoms with van der Waals surface area (Å²) in [6, 6.07) is 0. The summed E-state index contributed by atoms with van der Waals surface area (Å²) in [6.07, 6.45) is 4.93. The number of halogens is 1. The second kappa shape index (κ2) is 6.40. The normalized spacial score (nSPS) is 12.8. The van der Waals surface area contributed by atoms with Crippen LogP contribution in [0, 0.1) is 12.8 Å². The van der Waals surface area contributed by atoms with Crippen LogP contribution in [0.25, 0.3) is 0 Å². The lowest BCUT2D eigenvalue weighted by Gasteiger charge is -2.09. The molecule has 0 aromatic carbocycles. The summed E-state index contributed by atoms with van der Waals surface area (Å²) in [7, 11) is 0. The van der Waals surface area contributed by atoms with E-state index in [-0.39, 0.29) is 0 Å². The van der Waals surface area contributed by atoms with Crippen molar-refractivity contribution < 1.29 is 0 Å². The molecule has 4 heteroatoms. The Morgan fingerprint density at radius 3 is 2.57 bits per heavy atom. The van der Waals surface area contributed by atoms with Gasteiger partial charge in [-0.1, -0.05) is 41.0 Å². The number of rotatable bonds is 5. The number of thioether (sulfide) groups is 1. The molecule has 0 N–H and O–H groups in total. The van der Waals surface area contributed by atoms with Crippen molar-refractivity contribution in [3.05, 3.63) is 18.0 Å². The lowest BCUT2D eigenvalue weighted by molar-refractivity contribution is 0.651. The predicted octanol–water partition coefficient (Wildman–Crippen LogP) is 3.30. The molecule has 0 saturated carbocycles. The molecule has 1 heterocycles. The van der Waals surface area contributed by atoms with Gasteiger partial charge in [-0.25, -0.2) is 9.97 Å². The Morgan fingerprint density at radius 1 is 1.43 bits per heavy atom. The first-order chi connectivity index (χ1) is 6.76. The van der Waals surface area contributed by atoms with Crippen LogP contribution in [0.2, 0.25) is 0 Å². The first-order valence-electron chi connectivity index (χ1n) is 4.73. The molecule has 1 unspecified atom stereocenters. The van der Waals surface area contributed by atoms with E-state index in [0.29, 0.717) is 5.92 Å². The van der Waals surface area contributed by atoms with Crippen LogP contribution >= 0.6 is 27.7 Å². The van der Waals surface area contributed by atoms with Crippen molar-refractivity contribution in [1.29, 1.82) is 0 Å². The minimum Gasteiger partial charge on any atom is -0.231 e. The summed E-state index contributed by atoms with van der Waals surface area (Å²) in [5.41, 5.74) is 1.11. The van der Waals surface area contributed by atoms with Crippen LogP contribution < -0.4 is 0 Å². The van der Waals surface area contributed by atoms with E-state index in [1.54, 1.807) is 11.8 Å². The molecule has 1 atom stereocenters. The Kier molecular flexibility index (Phi) is 5.48. The Labute approximate surface area is 98.1 Å². The van der Waals surface area contributed by atoms with Crippen LogP contribution in [0.4, 0.5) is 0 Å². The third-order valence-corrected chi connectivity index (χ3v) is 4.02. The van der Waals surface area contributed by atoms with Gasteiger partial charge in [-0.15, -0.1) is 0 Å². The number of nitrogens with zero attached hydrogens (tertiary/aromatic N) is 2. The highest BCUT2D eigenvalue weighted by Crippen LogP contribution is 2.19. The van der Waals surface area contributed by atoms with Gasteiger partial charge in [0, 0.05) is 23.5 Å². The smallest absolute Gasteiger partial charge is 0.187 e. The molecule has 0 aliphatic heterocycles. The minimum atomic E-state index is 0.713. The van der Waals surface area contributed by atoms with Crippen LogP contribution in [-0.2, 0) is 0 Å². The largest absolute Gasteiger partial charge is 0.231 e. The van der Waals surface area contributed by atoms with E-state index in [0.717, 1.165) is 21.8 Å². The molecule has 0 amide bonds. The monoisotopic (exact) mass is 274 g/mol. The van der Waals surface area contributed by atoms with Gasteiger partial charge in [0.1, 0.15) is 0 Å². The molecule has 0 spiro atoms. The van der Waals surface area contributed by atoms with Gasteiger partial charge >= 0.3 is 0 Å². The van der Waals surface area contributed by atoms with E-state index < -0.39 is 0 Å². The van der Waals surface area contributed by atoms with Gasteiger partial charge in [0.15, 0.2) is 5.16 Å². The van der Waals surface area contributed by atoms with Crippen molar-refractivity contribution in [3.8, 4) is 0 Å². The van der Waals surface area contributed by atoms with Gasteiger partial charge < -0.3 is 0 Å². The lowest BCUT2D eigenvalue weighted by atomic mass is 10.2. The number of aryl methyl sites for hydroxylation is 1. The molecule has 14 heavy (non-hydrogen) atoms. The van der Waals surface area contributed by atoms with Gasteiger partial charge in [0.2, 0.25) is 0 Å². The van der Waals surface area contributed by atoms with Gasteiger partial charge in [0.25, 0.3) is 0 Å². The zero-order valence-corrected chi connectivity index (χ0v) is 10.9. The Balaban J connectivity index is 2.41. The summed E-state index contributed by atoms with van der Waals surface area (Å²) < 4.78 is 0. The highest BCUT2D eigenvalue weighted by atomic mass is 79.9. The van der Waals surface area contributed by atoms with Crippen LogP contribution in [0.1, 0.15) is 18.9 Å². The van der Waals surface area contributed by atoms with Crippen LogP contribution in [0.15, 0.2) is 17.6 Å². The lowest BCUT2D eigenvalue weighted by Crippen LogP contribution is -2.03. The molecule has 78 valence electrons. The molecule has 0 aliphatic rings. The first kappa shape index (κ1) is 12.0. The average molecular weight is 275 g/mol. The topological polar surface area (TPSA) is 25.8 Å². The van der Waals surface area contributed by atoms with Gasteiger partial charge in [0.05, 0.1) is 0 Å². The predicted molar refractivity (Wildman–Crippen MR) is 65.1 cm³/mol. The molecular formula is C10H15BrN2S. The first-order valence-corrected chi connectivity index (χ1v) is 6.84. The third-order valence-electron chi connectivity index (χ3n) is 2.00. The molecule has 1 aromatic heterocycles. The standard InChI is InChI=1S/C10H15BrN2S/c1-3-9(4-11)7-14-10-12-5-8(2)6-13-10/h5-6,9H,3-4,7H2,1-2H3. The van der Waals surface area contributed by atoms with Crippen LogP contribution in [-0.4, -0.2) is 21.1 Å². The Hall–Kier alpha value is -0.0900. The summed E-state index contributed by atoms with van der Waals surface area (Å²) in [6.45, 7) is 4.21. The second-order valence-corrected chi connectivity index (χ2v) is 4.92. The number of hydrogen-bond acceptors (Lipinski definition) is 3. The van der Waals surface area contributed by atoms with Crippen molar-refractivity contribution in [2.75, 3.05) is 11.1 Å². The molecule has 1 rings (SSSR count). The average Bonchev–Trinajstić information content (AvgIpc) is 2.22. The van der Waals surface area contributed by atoms with E-state index >= 15 is 0 Å². The molecule has 0 bridgehead atoms. The molecule has 0 saturated heterocycles. The minimum absolute atomic E-state index is 0.713. The maximum Gasteiger partial charge on any atom is 0.187 e. The quantitative estimate of drug-likeness (QED) is 0.468. The third kappa shape index (κ3) is 3.96. The van der Waals surface area contributed by atoms with Crippen molar-refractivity contribution in [2.45, 2.75) is 25.4 Å². The number of aromatic nitrogens is 2. The molecule has 2 nitrogen and oxygen atoms in total. The number of alkyl halides is 1. The van der Waals surface area contributed by atoms with Crippen LogP contribution in [0.5, 0.6) is 0 Å². The summed E-state index contributed by atoms with van der Waals surface area (Å²) >= 11 is 5.24. The zero-order chi connectivity index (χ0) is 10.4. The van der Waals surface area contributed by atoms with E-state index in [1.165, 1.54) is 6.42 Å². The fourth-order valence-corrected chi connectivity index (χ4v) is 2.90. The van der Waals surface area contributed by atoms with Crippen molar-refractivity contribution in [3.63, 3.8) is 0 Å². The van der Waals surface area contributed by atoms with E-state index in [2.05, 4.69) is 32.8 Å². The summed E-state index contributed by atoms with van der Waals surface area (Å²) in [5.74, 6) is 1.80. The highest BCUT2D eigenvalue weighted by molar-refractivity contribution is 9.09. The molecule has 0 aliphatic carbocycles. The molecular weight excluding hydrogens is 260 g/mol. The maximum atomic E-state index is 4.26. The summed E-state index contributed by atoms with van der Waals surface area (Å²) in [5, 5.41) is 1.94. The Morgan fingerprint density at radius 2 is 2.07 bits per heavy atom. The van der Waals surface area contributed by atoms with E-state index in [4.69, 9.17) is 0 Å². The molecule has 1 aromatic rings. The molecule has 0 fully saturated rings. The van der Waals surface area contributed by atoms with Gasteiger partial charge in [-0.3, -0.25) is 0 Å². The van der Waals surface area contributed by atoms with E-state index in [9.17, 15) is 0 Å². The van der Waals surface area contributed by atoms with Gasteiger partial charge in [-0.05, 0) is 18.4 Å². The van der Waals surface area contributed by atoms with E-state index in [1.807, 2.05) is 19.3 Å². The van der Waals surface area contributed by atoms with Gasteiger partial charge in [-0.2, -0.15) is 0 Å².